The number of benzene rings is 2. The lowest BCUT2D eigenvalue weighted by molar-refractivity contribution is 0.305. The average Bonchev–Trinajstić information content (AvgIpc) is 2.37. The molecule has 3 nitrogen and oxygen atoms in total. The first kappa shape index (κ1) is 13.3. The fourth-order valence-electron chi connectivity index (χ4n) is 2.08. The lowest BCUT2D eigenvalue weighted by atomic mass is 10.1. The van der Waals surface area contributed by atoms with E-state index in [-0.39, 0.29) is 0 Å². The summed E-state index contributed by atoms with van der Waals surface area (Å²) in [6.45, 7) is 4.66. The van der Waals surface area contributed by atoms with E-state index in [2.05, 4.69) is 32.0 Å². The van der Waals surface area contributed by atoms with Gasteiger partial charge in [-0.1, -0.05) is 29.3 Å². The van der Waals surface area contributed by atoms with Gasteiger partial charge in [-0.2, -0.15) is 0 Å². The zero-order valence-corrected chi connectivity index (χ0v) is 11.6. The highest BCUT2D eigenvalue weighted by Gasteiger charge is 2.04. The Morgan fingerprint density at radius 2 is 1.68 bits per heavy atom. The van der Waals surface area contributed by atoms with Gasteiger partial charge in [0.15, 0.2) is 0 Å². The molecule has 2 rings (SSSR count). The molecule has 0 fully saturated rings. The van der Waals surface area contributed by atoms with Crippen LogP contribution in [0.5, 0.6) is 11.5 Å². The minimum atomic E-state index is 0.500. The van der Waals surface area contributed by atoms with Crippen LogP contribution < -0.4 is 15.2 Å². The average molecular weight is 257 g/mol. The predicted octanol–water partition coefficient (Wildman–Crippen LogP) is 3.47. The number of nitrogens with two attached hydrogens (primary N) is 1. The molecule has 3 heteroatoms. The first-order valence-electron chi connectivity index (χ1n) is 6.22. The van der Waals surface area contributed by atoms with Crippen LogP contribution >= 0.6 is 0 Å². The minimum Gasteiger partial charge on any atom is -0.497 e. The Balaban J connectivity index is 2.13. The molecular formula is C16H19NO2. The third-order valence-electron chi connectivity index (χ3n) is 2.90. The fourth-order valence-corrected chi connectivity index (χ4v) is 2.08. The number of aryl methyl sites for hydroxylation is 2. The van der Waals surface area contributed by atoms with Gasteiger partial charge in [-0.3, -0.25) is 0 Å². The Hall–Kier alpha value is -2.16. The molecule has 0 amide bonds. The lowest BCUT2D eigenvalue weighted by Gasteiger charge is -2.11. The van der Waals surface area contributed by atoms with E-state index >= 15 is 0 Å². The summed E-state index contributed by atoms with van der Waals surface area (Å²) in [6, 6.07) is 11.8. The van der Waals surface area contributed by atoms with Gasteiger partial charge in [0.25, 0.3) is 0 Å². The normalized spacial score (nSPS) is 10.3. The van der Waals surface area contributed by atoms with Gasteiger partial charge >= 0.3 is 0 Å². The van der Waals surface area contributed by atoms with Gasteiger partial charge in [0.05, 0.1) is 12.8 Å². The summed E-state index contributed by atoms with van der Waals surface area (Å²) >= 11 is 0. The maximum Gasteiger partial charge on any atom is 0.146 e. The molecule has 0 spiro atoms. The van der Waals surface area contributed by atoms with Crippen molar-refractivity contribution in [1.82, 2.24) is 0 Å². The third-order valence-corrected chi connectivity index (χ3v) is 2.90. The molecule has 2 N–H and O–H groups in total. The first-order valence-corrected chi connectivity index (χ1v) is 6.22. The Labute approximate surface area is 114 Å². The SMILES string of the molecule is COc1ccc(N)c(OCc2cc(C)cc(C)c2)c1. The molecule has 2 aromatic carbocycles. The molecule has 0 unspecified atom stereocenters. The van der Waals surface area contributed by atoms with Crippen molar-refractivity contribution < 1.29 is 9.47 Å². The van der Waals surface area contributed by atoms with Crippen molar-refractivity contribution in [2.24, 2.45) is 0 Å². The first-order chi connectivity index (χ1) is 9.08. The van der Waals surface area contributed by atoms with Crippen molar-refractivity contribution in [1.29, 1.82) is 0 Å². The van der Waals surface area contributed by atoms with E-state index in [1.54, 1.807) is 19.2 Å². The van der Waals surface area contributed by atoms with E-state index in [4.69, 9.17) is 15.2 Å². The smallest absolute Gasteiger partial charge is 0.146 e. The molecule has 0 bridgehead atoms. The summed E-state index contributed by atoms with van der Waals surface area (Å²) in [6.07, 6.45) is 0. The summed E-state index contributed by atoms with van der Waals surface area (Å²) in [7, 11) is 1.62. The molecule has 0 saturated heterocycles. The predicted molar refractivity (Wildman–Crippen MR) is 77.7 cm³/mol. The van der Waals surface area contributed by atoms with E-state index in [9.17, 15) is 0 Å². The molecule has 0 atom stereocenters. The van der Waals surface area contributed by atoms with Gasteiger partial charge in [0.1, 0.15) is 18.1 Å². The number of ether oxygens (including phenoxy) is 2. The topological polar surface area (TPSA) is 44.5 Å². The molecule has 19 heavy (non-hydrogen) atoms. The monoisotopic (exact) mass is 257 g/mol. The van der Waals surface area contributed by atoms with Crippen LogP contribution in [0.1, 0.15) is 16.7 Å². The van der Waals surface area contributed by atoms with Crippen LogP contribution in [0.4, 0.5) is 5.69 Å². The standard InChI is InChI=1S/C16H19NO2/c1-11-6-12(2)8-13(7-11)10-19-16-9-14(18-3)4-5-15(16)17/h4-9H,10,17H2,1-3H3. The molecule has 100 valence electrons. The Bertz CT molecular complexity index is 559. The highest BCUT2D eigenvalue weighted by Crippen LogP contribution is 2.27. The summed E-state index contributed by atoms with van der Waals surface area (Å²) in [5, 5.41) is 0. The second kappa shape index (κ2) is 5.65. The number of nitrogen functional groups attached to an aromatic ring is 1. The molecule has 0 aliphatic heterocycles. The van der Waals surface area contributed by atoms with Crippen molar-refractivity contribution in [3.05, 3.63) is 53.1 Å². The summed E-state index contributed by atoms with van der Waals surface area (Å²) < 4.78 is 10.9. The van der Waals surface area contributed by atoms with Crippen LogP contribution in [0.25, 0.3) is 0 Å². The quantitative estimate of drug-likeness (QED) is 0.853. The number of hydrogen-bond acceptors (Lipinski definition) is 3. The van der Waals surface area contributed by atoms with Gasteiger partial charge in [-0.25, -0.2) is 0 Å². The summed E-state index contributed by atoms with van der Waals surface area (Å²) in [4.78, 5) is 0. The van der Waals surface area contributed by atoms with E-state index in [1.807, 2.05) is 6.07 Å². The van der Waals surface area contributed by atoms with E-state index in [1.165, 1.54) is 11.1 Å². The van der Waals surface area contributed by atoms with Crippen LogP contribution in [0, 0.1) is 13.8 Å². The second-order valence-corrected chi connectivity index (χ2v) is 4.69. The van der Waals surface area contributed by atoms with E-state index in [0.717, 1.165) is 11.3 Å². The molecule has 0 aromatic heterocycles. The van der Waals surface area contributed by atoms with Gasteiger partial charge in [-0.05, 0) is 31.5 Å². The third kappa shape index (κ3) is 3.41. The van der Waals surface area contributed by atoms with Crippen molar-refractivity contribution in [3.8, 4) is 11.5 Å². The fraction of sp³-hybridized carbons (Fsp3) is 0.250. The number of rotatable bonds is 4. The van der Waals surface area contributed by atoms with Gasteiger partial charge in [0.2, 0.25) is 0 Å². The summed E-state index contributed by atoms with van der Waals surface area (Å²) in [5.41, 5.74) is 10.1. The van der Waals surface area contributed by atoms with Gasteiger partial charge in [0, 0.05) is 6.07 Å². The summed E-state index contributed by atoms with van der Waals surface area (Å²) in [5.74, 6) is 1.39. The molecule has 0 aliphatic rings. The number of methoxy groups -OCH3 is 1. The molecule has 0 radical (unpaired) electrons. The highest BCUT2D eigenvalue weighted by atomic mass is 16.5. The van der Waals surface area contributed by atoms with Crippen LogP contribution in [-0.2, 0) is 6.61 Å². The Morgan fingerprint density at radius 3 is 2.32 bits per heavy atom. The van der Waals surface area contributed by atoms with Gasteiger partial charge < -0.3 is 15.2 Å². The van der Waals surface area contributed by atoms with E-state index < -0.39 is 0 Å². The maximum atomic E-state index is 5.89. The lowest BCUT2D eigenvalue weighted by Crippen LogP contribution is -2.00. The second-order valence-electron chi connectivity index (χ2n) is 4.69. The molecular weight excluding hydrogens is 238 g/mol. The Kier molecular flexibility index (Phi) is 3.95. The molecule has 0 heterocycles. The van der Waals surface area contributed by atoms with Gasteiger partial charge in [-0.15, -0.1) is 0 Å². The van der Waals surface area contributed by atoms with Crippen molar-refractivity contribution in [2.75, 3.05) is 12.8 Å². The highest BCUT2D eigenvalue weighted by molar-refractivity contribution is 5.55. The minimum absolute atomic E-state index is 0.500. The number of anilines is 1. The Morgan fingerprint density at radius 1 is 1.00 bits per heavy atom. The van der Waals surface area contributed by atoms with Crippen LogP contribution in [0.15, 0.2) is 36.4 Å². The number of hydrogen-bond donors (Lipinski definition) is 1. The van der Waals surface area contributed by atoms with E-state index in [0.29, 0.717) is 18.0 Å². The van der Waals surface area contributed by atoms with Crippen LogP contribution in [-0.4, -0.2) is 7.11 Å². The molecule has 2 aromatic rings. The molecule has 0 saturated carbocycles. The van der Waals surface area contributed by atoms with Crippen LogP contribution in [0.2, 0.25) is 0 Å². The zero-order chi connectivity index (χ0) is 13.8. The molecule has 0 aliphatic carbocycles. The van der Waals surface area contributed by atoms with Crippen LogP contribution in [0.3, 0.4) is 0 Å². The van der Waals surface area contributed by atoms with Crippen molar-refractivity contribution in [2.45, 2.75) is 20.5 Å². The van der Waals surface area contributed by atoms with Crippen molar-refractivity contribution >= 4 is 5.69 Å². The largest absolute Gasteiger partial charge is 0.497 e. The zero-order valence-electron chi connectivity index (χ0n) is 11.6. The van der Waals surface area contributed by atoms with Crippen molar-refractivity contribution in [3.63, 3.8) is 0 Å². The maximum absolute atomic E-state index is 5.89.